The van der Waals surface area contributed by atoms with Crippen LogP contribution in [-0.2, 0) is 6.18 Å². The van der Waals surface area contributed by atoms with Crippen LogP contribution in [-0.4, -0.2) is 9.13 Å². The number of nitriles is 1. The van der Waals surface area contributed by atoms with Gasteiger partial charge >= 0.3 is 6.18 Å². The molecule has 0 radical (unpaired) electrons. The molecule has 6 heteroatoms. The molecule has 13 rings (SSSR count). The van der Waals surface area contributed by atoms with Crippen molar-refractivity contribution >= 4 is 43.6 Å². The summed E-state index contributed by atoms with van der Waals surface area (Å²) in [6.45, 7) is 1.70. The molecule has 0 fully saturated rings. The average molecular weight is 972 g/mol. The van der Waals surface area contributed by atoms with E-state index >= 15 is 0 Å². The van der Waals surface area contributed by atoms with E-state index in [0.717, 1.165) is 111 Å². The van der Waals surface area contributed by atoms with Crippen LogP contribution in [0, 0.1) is 18.3 Å². The maximum Gasteiger partial charge on any atom is 0.416 e. The molecule has 0 aliphatic carbocycles. The molecule has 0 unspecified atom stereocenters. The second-order valence-corrected chi connectivity index (χ2v) is 19.2. The number of benzene rings is 11. The molecule has 356 valence electrons. The Morgan fingerprint density at radius 2 is 0.680 bits per heavy atom. The van der Waals surface area contributed by atoms with Crippen molar-refractivity contribution in [2.45, 2.75) is 13.1 Å². The normalized spacial score (nSPS) is 11.7. The van der Waals surface area contributed by atoms with Gasteiger partial charge in [0.05, 0.1) is 50.6 Å². The summed E-state index contributed by atoms with van der Waals surface area (Å²) in [5.74, 6) is 0. The second kappa shape index (κ2) is 18.1. The van der Waals surface area contributed by atoms with Gasteiger partial charge < -0.3 is 9.13 Å². The Hall–Kier alpha value is -9.70. The first-order valence-corrected chi connectivity index (χ1v) is 24.9. The van der Waals surface area contributed by atoms with Gasteiger partial charge in [-0.3, -0.25) is 0 Å². The third kappa shape index (κ3) is 8.03. The molecule has 2 heterocycles. The van der Waals surface area contributed by atoms with Crippen LogP contribution in [0.15, 0.2) is 249 Å². The third-order valence-corrected chi connectivity index (χ3v) is 14.6. The van der Waals surface area contributed by atoms with E-state index in [4.69, 9.17) is 0 Å². The van der Waals surface area contributed by atoms with Gasteiger partial charge in [-0.1, -0.05) is 170 Å². The fourth-order valence-electron chi connectivity index (χ4n) is 11.1. The number of rotatable bonds is 8. The average Bonchev–Trinajstić information content (AvgIpc) is 3.99. The Morgan fingerprint density at radius 1 is 0.333 bits per heavy atom. The highest BCUT2D eigenvalue weighted by atomic mass is 19.4. The fourth-order valence-corrected chi connectivity index (χ4v) is 11.1. The molecule has 0 aliphatic rings. The maximum atomic E-state index is 14.6. The zero-order valence-electron chi connectivity index (χ0n) is 40.6. The summed E-state index contributed by atoms with van der Waals surface area (Å²) in [4.78, 5) is 0. The van der Waals surface area contributed by atoms with Crippen molar-refractivity contribution in [1.29, 1.82) is 5.26 Å². The number of halogens is 3. The van der Waals surface area contributed by atoms with Gasteiger partial charge in [0.15, 0.2) is 0 Å². The van der Waals surface area contributed by atoms with Crippen LogP contribution in [0.25, 0.3) is 122 Å². The van der Waals surface area contributed by atoms with Crippen LogP contribution in [0.5, 0.6) is 0 Å². The molecule has 0 bridgehead atoms. The second-order valence-electron chi connectivity index (χ2n) is 19.2. The summed E-state index contributed by atoms with van der Waals surface area (Å²) < 4.78 is 48.2. The summed E-state index contributed by atoms with van der Waals surface area (Å²) in [5, 5.41) is 14.8. The smallest absolute Gasteiger partial charge is 0.309 e. The predicted octanol–water partition coefficient (Wildman–Crippen LogP) is 19.1. The van der Waals surface area contributed by atoms with Gasteiger partial charge in [0, 0.05) is 32.7 Å². The fraction of sp³-hybridized carbons (Fsp3) is 0.0290. The largest absolute Gasteiger partial charge is 0.416 e. The Balaban J connectivity index is 1.12. The van der Waals surface area contributed by atoms with E-state index in [1.54, 1.807) is 6.92 Å². The Labute approximate surface area is 431 Å². The minimum Gasteiger partial charge on any atom is -0.309 e. The van der Waals surface area contributed by atoms with Gasteiger partial charge in [0.2, 0.25) is 0 Å². The van der Waals surface area contributed by atoms with Crippen LogP contribution in [0.1, 0.15) is 16.7 Å². The number of hydrogen-bond acceptors (Lipinski definition) is 1. The number of aryl methyl sites for hydroxylation is 1. The molecule has 0 saturated carbocycles. The molecule has 11 aromatic carbocycles. The molecule has 75 heavy (non-hydrogen) atoms. The summed E-state index contributed by atoms with van der Waals surface area (Å²) in [6.07, 6.45) is -4.54. The minimum atomic E-state index is -4.54. The zero-order valence-corrected chi connectivity index (χ0v) is 40.6. The van der Waals surface area contributed by atoms with E-state index in [-0.39, 0.29) is 0 Å². The Bertz CT molecular complexity index is 4200. The molecule has 3 nitrogen and oxygen atoms in total. The van der Waals surface area contributed by atoms with Gasteiger partial charge in [-0.15, -0.1) is 0 Å². The molecule has 2 aromatic heterocycles. The van der Waals surface area contributed by atoms with E-state index in [1.165, 1.54) is 12.1 Å². The van der Waals surface area contributed by atoms with Gasteiger partial charge in [-0.2, -0.15) is 18.4 Å². The van der Waals surface area contributed by atoms with Crippen LogP contribution in [0.2, 0.25) is 0 Å². The summed E-state index contributed by atoms with van der Waals surface area (Å²) >= 11 is 0. The first-order chi connectivity index (χ1) is 36.7. The molecule has 13 aromatic rings. The number of alkyl halides is 3. The van der Waals surface area contributed by atoms with Gasteiger partial charge in [-0.25, -0.2) is 0 Å². The van der Waals surface area contributed by atoms with Crippen molar-refractivity contribution in [2.24, 2.45) is 0 Å². The molecule has 0 atom stereocenters. The lowest BCUT2D eigenvalue weighted by Gasteiger charge is -2.20. The number of hydrogen-bond donors (Lipinski definition) is 0. The van der Waals surface area contributed by atoms with E-state index in [0.29, 0.717) is 22.3 Å². The zero-order chi connectivity index (χ0) is 50.8. The van der Waals surface area contributed by atoms with E-state index in [1.807, 2.05) is 91.0 Å². The predicted molar refractivity (Wildman–Crippen MR) is 302 cm³/mol. The summed E-state index contributed by atoms with van der Waals surface area (Å²) in [5.41, 5.74) is 17.1. The molecular formula is C69H44F3N3. The Morgan fingerprint density at radius 3 is 1.05 bits per heavy atom. The molecule has 0 aliphatic heterocycles. The van der Waals surface area contributed by atoms with Crippen molar-refractivity contribution < 1.29 is 13.2 Å². The molecule has 0 N–H and O–H groups in total. The summed E-state index contributed by atoms with van der Waals surface area (Å²) in [7, 11) is 0. The molecule has 0 saturated heterocycles. The Kier molecular flexibility index (Phi) is 10.9. The van der Waals surface area contributed by atoms with Crippen molar-refractivity contribution in [1.82, 2.24) is 9.13 Å². The van der Waals surface area contributed by atoms with E-state index in [2.05, 4.69) is 161 Å². The van der Waals surface area contributed by atoms with Crippen LogP contribution < -0.4 is 0 Å². The van der Waals surface area contributed by atoms with Crippen LogP contribution in [0.3, 0.4) is 0 Å². The lowest BCUT2D eigenvalue weighted by Crippen LogP contribution is -2.05. The number of aromatic nitrogens is 2. The van der Waals surface area contributed by atoms with Crippen LogP contribution >= 0.6 is 0 Å². The van der Waals surface area contributed by atoms with E-state index in [9.17, 15) is 18.4 Å². The number of fused-ring (bicyclic) bond motifs is 6. The van der Waals surface area contributed by atoms with Gasteiger partial charge in [0.25, 0.3) is 0 Å². The molecule has 0 amide bonds. The van der Waals surface area contributed by atoms with Crippen molar-refractivity contribution in [3.63, 3.8) is 0 Å². The SMILES string of the molecule is Cc1cc(-c2ccc(-c3ccc(C#N)cc3-n3c4ccc(-c5ccccc5)cc4c4cc(-c5ccccc5)ccc43)c(-n3c4ccc(-c5ccccc5)cc4c4cc(-c5ccccc5)ccc43)c2)cc(C(F)(F)F)c1. The summed E-state index contributed by atoms with van der Waals surface area (Å²) in [6, 6.07) is 86.2. The first-order valence-electron chi connectivity index (χ1n) is 24.9. The van der Waals surface area contributed by atoms with Crippen molar-refractivity contribution in [3.05, 3.63) is 265 Å². The van der Waals surface area contributed by atoms with Gasteiger partial charge in [0.1, 0.15) is 0 Å². The third-order valence-electron chi connectivity index (χ3n) is 14.6. The quantitative estimate of drug-likeness (QED) is 0.149. The maximum absolute atomic E-state index is 14.6. The van der Waals surface area contributed by atoms with E-state index < -0.39 is 11.7 Å². The highest BCUT2D eigenvalue weighted by Gasteiger charge is 2.31. The van der Waals surface area contributed by atoms with Crippen molar-refractivity contribution in [2.75, 3.05) is 0 Å². The van der Waals surface area contributed by atoms with Crippen molar-refractivity contribution in [3.8, 4) is 84.2 Å². The van der Waals surface area contributed by atoms with Crippen LogP contribution in [0.4, 0.5) is 13.2 Å². The lowest BCUT2D eigenvalue weighted by atomic mass is 9.94. The highest BCUT2D eigenvalue weighted by Crippen LogP contribution is 2.45. The highest BCUT2D eigenvalue weighted by molar-refractivity contribution is 6.14. The topological polar surface area (TPSA) is 33.6 Å². The lowest BCUT2D eigenvalue weighted by molar-refractivity contribution is -0.137. The first kappa shape index (κ1) is 45.2. The molecule has 0 spiro atoms. The minimum absolute atomic E-state index is 0.458. The standard InChI is InChI=1S/C69H44F3N3/c1-44-34-55(37-56(35-44)69(70,71)72)54-23-29-58(68(42-54)75-65-32-26-52(48-18-10-4-11-19-48)40-61(65)62-41-53(27-33-66(62)75)49-20-12-5-13-21-49)57-28-22-45(43-73)36-67(57)74-63-30-24-50(46-14-6-2-7-15-46)38-59(63)60-39-51(25-31-64(60)74)47-16-8-3-9-17-47/h2-42H,1H3. The van der Waals surface area contributed by atoms with Gasteiger partial charge in [-0.05, 0) is 147 Å². The monoisotopic (exact) mass is 971 g/mol. The molecular weight excluding hydrogens is 928 g/mol. The number of nitrogens with zero attached hydrogens (tertiary/aromatic N) is 3.